The molecular formula is C12H13N3O3. The van der Waals surface area contributed by atoms with Gasteiger partial charge in [-0.3, -0.25) is 0 Å². The number of nitrogens with zero attached hydrogens (tertiary/aromatic N) is 3. The Hall–Kier alpha value is -2.13. The monoisotopic (exact) mass is 247 g/mol. The van der Waals surface area contributed by atoms with Crippen LogP contribution < -0.4 is 4.90 Å². The molecule has 1 aromatic heterocycles. The van der Waals surface area contributed by atoms with Gasteiger partial charge in [-0.1, -0.05) is 5.92 Å². The first-order valence-corrected chi connectivity index (χ1v) is 5.56. The Labute approximate surface area is 105 Å². The number of anilines is 1. The molecule has 0 aromatic carbocycles. The largest absolute Gasteiger partial charge is 0.376 e. The Bertz CT molecular complexity index is 480. The van der Waals surface area contributed by atoms with Gasteiger partial charge in [0.05, 0.1) is 24.9 Å². The van der Waals surface area contributed by atoms with Crippen LogP contribution >= 0.6 is 0 Å². The van der Waals surface area contributed by atoms with E-state index in [1.807, 2.05) is 11.8 Å². The van der Waals surface area contributed by atoms with E-state index in [9.17, 15) is 10.1 Å². The maximum atomic E-state index is 10.6. The number of rotatable bonds is 2. The lowest BCUT2D eigenvalue weighted by molar-refractivity contribution is -0.389. The first-order valence-electron chi connectivity index (χ1n) is 5.56. The van der Waals surface area contributed by atoms with Crippen LogP contribution in [-0.4, -0.2) is 35.2 Å². The number of hydrogen-bond acceptors (Lipinski definition) is 5. The Morgan fingerprint density at radius 3 is 2.94 bits per heavy atom. The highest BCUT2D eigenvalue weighted by Crippen LogP contribution is 2.24. The van der Waals surface area contributed by atoms with Gasteiger partial charge < -0.3 is 19.8 Å². The van der Waals surface area contributed by atoms with E-state index in [0.717, 1.165) is 5.69 Å². The highest BCUT2D eigenvalue weighted by molar-refractivity contribution is 5.50. The highest BCUT2D eigenvalue weighted by atomic mass is 16.6. The minimum atomic E-state index is -0.523. The zero-order chi connectivity index (χ0) is 13.1. The summed E-state index contributed by atoms with van der Waals surface area (Å²) < 4.78 is 5.39. The molecule has 0 saturated carbocycles. The summed E-state index contributed by atoms with van der Waals surface area (Å²) in [6, 6.07) is 2.99. The van der Waals surface area contributed by atoms with Gasteiger partial charge in [0.2, 0.25) is 0 Å². The van der Waals surface area contributed by atoms with Crippen LogP contribution in [0.2, 0.25) is 0 Å². The quantitative estimate of drug-likeness (QED) is 0.446. The van der Waals surface area contributed by atoms with Crippen molar-refractivity contribution in [3.63, 3.8) is 0 Å². The fraction of sp³-hybridized carbons (Fsp3) is 0.417. The minimum absolute atomic E-state index is 0.114. The zero-order valence-electron chi connectivity index (χ0n) is 9.94. The second-order valence-corrected chi connectivity index (χ2v) is 4.11. The predicted molar refractivity (Wildman–Crippen MR) is 66.3 cm³/mol. The summed E-state index contributed by atoms with van der Waals surface area (Å²) in [5.41, 5.74) is 0.777. The Morgan fingerprint density at radius 2 is 2.39 bits per heavy atom. The third-order valence-electron chi connectivity index (χ3n) is 2.86. The van der Waals surface area contributed by atoms with E-state index in [-0.39, 0.29) is 17.9 Å². The Kier molecular flexibility index (Phi) is 3.44. The summed E-state index contributed by atoms with van der Waals surface area (Å²) in [6.07, 6.45) is 6.95. The van der Waals surface area contributed by atoms with Gasteiger partial charge >= 0.3 is 5.82 Å². The summed E-state index contributed by atoms with van der Waals surface area (Å²) in [5.74, 6) is 2.49. The number of terminal acetylenes is 1. The number of hydrogen-bond donors (Lipinski definition) is 0. The molecule has 1 aliphatic heterocycles. The van der Waals surface area contributed by atoms with E-state index < -0.39 is 4.92 Å². The second-order valence-electron chi connectivity index (χ2n) is 4.11. The molecule has 0 aliphatic carbocycles. The summed E-state index contributed by atoms with van der Waals surface area (Å²) in [4.78, 5) is 15.8. The molecule has 18 heavy (non-hydrogen) atoms. The van der Waals surface area contributed by atoms with E-state index in [0.29, 0.717) is 13.2 Å². The minimum Gasteiger partial charge on any atom is -0.376 e. The molecule has 0 N–H and O–H groups in total. The zero-order valence-corrected chi connectivity index (χ0v) is 9.94. The lowest BCUT2D eigenvalue weighted by atomic mass is 10.1. The molecule has 0 spiro atoms. The van der Waals surface area contributed by atoms with Gasteiger partial charge in [-0.15, -0.1) is 6.42 Å². The molecule has 2 rings (SSSR count). The van der Waals surface area contributed by atoms with Crippen LogP contribution in [0, 0.1) is 22.5 Å². The number of morpholine rings is 1. The molecule has 1 aromatic rings. The first-order chi connectivity index (χ1) is 8.63. The van der Waals surface area contributed by atoms with Crippen LogP contribution in [-0.2, 0) is 4.74 Å². The predicted octanol–water partition coefficient (Wildman–Crippen LogP) is 1.22. The smallest absolute Gasteiger partial charge is 0.363 e. The van der Waals surface area contributed by atoms with E-state index >= 15 is 0 Å². The number of nitro groups is 1. The van der Waals surface area contributed by atoms with Gasteiger partial charge in [0, 0.05) is 6.07 Å². The van der Waals surface area contributed by atoms with E-state index in [1.165, 1.54) is 12.3 Å². The molecule has 2 atom stereocenters. The molecule has 0 bridgehead atoms. The third kappa shape index (κ3) is 2.26. The average Bonchev–Trinajstić information content (AvgIpc) is 2.38. The molecule has 2 heterocycles. The highest BCUT2D eigenvalue weighted by Gasteiger charge is 2.28. The van der Waals surface area contributed by atoms with Gasteiger partial charge in [0.1, 0.15) is 6.04 Å². The van der Waals surface area contributed by atoms with E-state index in [1.54, 1.807) is 6.07 Å². The van der Waals surface area contributed by atoms with Crippen molar-refractivity contribution in [2.24, 2.45) is 0 Å². The number of aromatic nitrogens is 1. The van der Waals surface area contributed by atoms with Crippen LogP contribution in [0.4, 0.5) is 11.5 Å². The first kappa shape index (κ1) is 12.3. The average molecular weight is 247 g/mol. The Balaban J connectivity index is 2.28. The van der Waals surface area contributed by atoms with Crippen molar-refractivity contribution in [1.82, 2.24) is 4.98 Å². The number of ether oxygens (including phenoxy) is 1. The molecule has 0 amide bonds. The topological polar surface area (TPSA) is 68.5 Å². The normalized spacial score (nSPS) is 23.4. The van der Waals surface area contributed by atoms with Crippen molar-refractivity contribution in [3.05, 3.63) is 28.4 Å². The fourth-order valence-electron chi connectivity index (χ4n) is 2.02. The Morgan fingerprint density at radius 1 is 1.61 bits per heavy atom. The van der Waals surface area contributed by atoms with Crippen LogP contribution in [0.15, 0.2) is 18.3 Å². The summed E-state index contributed by atoms with van der Waals surface area (Å²) in [6.45, 7) is 3.03. The van der Waals surface area contributed by atoms with Crippen LogP contribution in [0.1, 0.15) is 6.92 Å². The van der Waals surface area contributed by atoms with Gasteiger partial charge in [-0.05, 0) is 22.9 Å². The molecule has 0 unspecified atom stereocenters. The van der Waals surface area contributed by atoms with Gasteiger partial charge in [-0.2, -0.15) is 0 Å². The van der Waals surface area contributed by atoms with Crippen LogP contribution in [0.5, 0.6) is 0 Å². The SMILES string of the molecule is C#C[C@@H]1COC[C@@H](C)N1c1ccc([N+](=O)[O-])nc1. The molecule has 6 heteroatoms. The summed E-state index contributed by atoms with van der Waals surface area (Å²) in [5, 5.41) is 10.6. The summed E-state index contributed by atoms with van der Waals surface area (Å²) in [7, 11) is 0. The molecule has 1 saturated heterocycles. The third-order valence-corrected chi connectivity index (χ3v) is 2.86. The molecular weight excluding hydrogens is 234 g/mol. The maximum Gasteiger partial charge on any atom is 0.363 e. The van der Waals surface area contributed by atoms with E-state index in [2.05, 4.69) is 10.9 Å². The molecule has 94 valence electrons. The van der Waals surface area contributed by atoms with Gasteiger partial charge in [0.15, 0.2) is 6.20 Å². The lowest BCUT2D eigenvalue weighted by Crippen LogP contribution is -2.50. The molecule has 1 fully saturated rings. The van der Waals surface area contributed by atoms with Crippen molar-refractivity contribution in [1.29, 1.82) is 0 Å². The lowest BCUT2D eigenvalue weighted by Gasteiger charge is -2.39. The van der Waals surface area contributed by atoms with Crippen molar-refractivity contribution < 1.29 is 9.66 Å². The second kappa shape index (κ2) is 5.02. The molecule has 0 radical (unpaired) electrons. The maximum absolute atomic E-state index is 10.6. The van der Waals surface area contributed by atoms with Gasteiger partial charge in [0.25, 0.3) is 0 Å². The standard InChI is InChI=1S/C12H13N3O3/c1-3-10-8-18-7-9(2)14(10)11-4-5-12(13-6-11)15(16)17/h1,4-6,9-10H,7-8H2,2H3/t9-,10-/m1/s1. The summed E-state index contributed by atoms with van der Waals surface area (Å²) >= 11 is 0. The van der Waals surface area contributed by atoms with E-state index in [4.69, 9.17) is 11.2 Å². The van der Waals surface area contributed by atoms with Crippen molar-refractivity contribution in [2.45, 2.75) is 19.0 Å². The molecule has 6 nitrogen and oxygen atoms in total. The van der Waals surface area contributed by atoms with Crippen LogP contribution in [0.3, 0.4) is 0 Å². The van der Waals surface area contributed by atoms with Crippen molar-refractivity contribution in [2.75, 3.05) is 18.1 Å². The van der Waals surface area contributed by atoms with Gasteiger partial charge in [-0.25, -0.2) is 0 Å². The van der Waals surface area contributed by atoms with Crippen molar-refractivity contribution >= 4 is 11.5 Å². The van der Waals surface area contributed by atoms with Crippen LogP contribution in [0.25, 0.3) is 0 Å². The fourth-order valence-corrected chi connectivity index (χ4v) is 2.02. The number of pyridine rings is 1. The molecule has 1 aliphatic rings. The van der Waals surface area contributed by atoms with Crippen molar-refractivity contribution in [3.8, 4) is 12.3 Å².